The molecule has 2 aromatic rings. The maximum absolute atomic E-state index is 10.1. The van der Waals surface area contributed by atoms with Crippen LogP contribution in [0.2, 0.25) is 0 Å². The Kier molecular flexibility index (Phi) is 4.82. The van der Waals surface area contributed by atoms with Gasteiger partial charge in [0.05, 0.1) is 7.11 Å². The number of ether oxygens (including phenoxy) is 1. The van der Waals surface area contributed by atoms with Gasteiger partial charge in [-0.15, -0.1) is 0 Å². The molecule has 154 valence electrons. The molecule has 2 saturated carbocycles. The molecule has 5 rings (SSSR count). The fourth-order valence-electron chi connectivity index (χ4n) is 6.91. The van der Waals surface area contributed by atoms with Crippen molar-refractivity contribution in [3.8, 4) is 11.5 Å². The minimum Gasteiger partial charge on any atom is -0.508 e. The predicted molar refractivity (Wildman–Crippen MR) is 116 cm³/mol. The van der Waals surface area contributed by atoms with Crippen LogP contribution >= 0.6 is 0 Å². The number of aryl methyl sites for hydroxylation is 1. The molecule has 2 aromatic carbocycles. The van der Waals surface area contributed by atoms with E-state index in [0.717, 1.165) is 35.6 Å². The number of benzene rings is 2. The zero-order chi connectivity index (χ0) is 20.0. The quantitative estimate of drug-likeness (QED) is 0.732. The van der Waals surface area contributed by atoms with Crippen LogP contribution in [0, 0.1) is 17.3 Å². The first-order valence-electron chi connectivity index (χ1n) is 11.3. The largest absolute Gasteiger partial charge is 0.508 e. The molecule has 0 aliphatic heterocycles. The average molecular weight is 392 g/mol. The first-order valence-corrected chi connectivity index (χ1v) is 11.3. The zero-order valence-electron chi connectivity index (χ0n) is 17.7. The maximum atomic E-state index is 10.1. The SMILES string of the molecule is COc1ccc2c(c1)CC[C@@H]1[C@@H]2CC[C@]2(C)[C@H](NCc3ccccc3O)CC[C@@H]12. The second-order valence-electron chi connectivity index (χ2n) is 9.66. The zero-order valence-corrected chi connectivity index (χ0v) is 17.7. The van der Waals surface area contributed by atoms with Crippen molar-refractivity contribution in [2.24, 2.45) is 17.3 Å². The van der Waals surface area contributed by atoms with Crippen LogP contribution in [-0.4, -0.2) is 18.3 Å². The lowest BCUT2D eigenvalue weighted by Gasteiger charge is -2.51. The fourth-order valence-corrected chi connectivity index (χ4v) is 6.91. The molecule has 5 atom stereocenters. The number of phenols is 1. The molecule has 0 bridgehead atoms. The van der Waals surface area contributed by atoms with Crippen molar-refractivity contribution >= 4 is 0 Å². The van der Waals surface area contributed by atoms with Crippen LogP contribution in [0.25, 0.3) is 0 Å². The molecule has 2 fully saturated rings. The molecule has 3 aliphatic carbocycles. The molecule has 3 heteroatoms. The molecule has 2 N–H and O–H groups in total. The van der Waals surface area contributed by atoms with Gasteiger partial charge in [-0.25, -0.2) is 0 Å². The Balaban J connectivity index is 1.33. The summed E-state index contributed by atoms with van der Waals surface area (Å²) in [7, 11) is 1.76. The molecule has 0 amide bonds. The Hall–Kier alpha value is -2.00. The van der Waals surface area contributed by atoms with Crippen molar-refractivity contribution in [3.05, 3.63) is 59.2 Å². The third-order valence-electron chi connectivity index (χ3n) is 8.46. The van der Waals surface area contributed by atoms with Crippen LogP contribution in [0.15, 0.2) is 42.5 Å². The summed E-state index contributed by atoms with van der Waals surface area (Å²) in [6, 6.07) is 15.0. The van der Waals surface area contributed by atoms with E-state index in [4.69, 9.17) is 4.74 Å². The lowest BCUT2D eigenvalue weighted by Crippen LogP contribution is -2.48. The van der Waals surface area contributed by atoms with Gasteiger partial charge in [0.25, 0.3) is 0 Å². The van der Waals surface area contributed by atoms with Crippen LogP contribution in [-0.2, 0) is 13.0 Å². The highest BCUT2D eigenvalue weighted by molar-refractivity contribution is 5.41. The minimum absolute atomic E-state index is 0.371. The summed E-state index contributed by atoms with van der Waals surface area (Å²) in [5.41, 5.74) is 4.49. The summed E-state index contributed by atoms with van der Waals surface area (Å²) in [5.74, 6) is 3.74. The number of aromatic hydroxyl groups is 1. The molecule has 29 heavy (non-hydrogen) atoms. The number of rotatable bonds is 4. The highest BCUT2D eigenvalue weighted by atomic mass is 16.5. The van der Waals surface area contributed by atoms with Gasteiger partial charge in [0.1, 0.15) is 11.5 Å². The molecule has 0 saturated heterocycles. The number of methoxy groups -OCH3 is 1. The van der Waals surface area contributed by atoms with Gasteiger partial charge in [-0.3, -0.25) is 0 Å². The van der Waals surface area contributed by atoms with Gasteiger partial charge in [0.2, 0.25) is 0 Å². The van der Waals surface area contributed by atoms with Gasteiger partial charge >= 0.3 is 0 Å². The molecule has 0 spiro atoms. The summed E-state index contributed by atoms with van der Waals surface area (Å²) >= 11 is 0. The highest BCUT2D eigenvalue weighted by Gasteiger charge is 2.54. The topological polar surface area (TPSA) is 41.5 Å². The second kappa shape index (κ2) is 7.36. The molecule has 3 aliphatic rings. The molecule has 3 nitrogen and oxygen atoms in total. The summed E-state index contributed by atoms with van der Waals surface area (Å²) in [4.78, 5) is 0. The first kappa shape index (κ1) is 19.0. The first-order chi connectivity index (χ1) is 14.1. The average Bonchev–Trinajstić information content (AvgIpc) is 3.09. The lowest BCUT2D eigenvalue weighted by atomic mass is 9.55. The monoisotopic (exact) mass is 391 g/mol. The van der Waals surface area contributed by atoms with Gasteiger partial charge in [-0.2, -0.15) is 0 Å². The summed E-state index contributed by atoms with van der Waals surface area (Å²) in [6.45, 7) is 3.29. The Bertz CT molecular complexity index is 894. The van der Waals surface area contributed by atoms with Crippen molar-refractivity contribution in [2.45, 2.75) is 64.0 Å². The Morgan fingerprint density at radius 1 is 1.10 bits per heavy atom. The number of nitrogens with one attached hydrogen (secondary N) is 1. The molecular weight excluding hydrogens is 358 g/mol. The second-order valence-corrected chi connectivity index (χ2v) is 9.66. The summed E-state index contributed by atoms with van der Waals surface area (Å²) in [6.07, 6.45) is 7.69. The minimum atomic E-state index is 0.371. The van der Waals surface area contributed by atoms with Crippen molar-refractivity contribution in [1.29, 1.82) is 0 Å². The molecule has 0 unspecified atom stereocenters. The Morgan fingerprint density at radius 3 is 2.79 bits per heavy atom. The van der Waals surface area contributed by atoms with E-state index in [-0.39, 0.29) is 0 Å². The van der Waals surface area contributed by atoms with Crippen LogP contribution in [0.4, 0.5) is 0 Å². The van der Waals surface area contributed by atoms with E-state index < -0.39 is 0 Å². The fraction of sp³-hybridized carbons (Fsp3) is 0.538. The Morgan fingerprint density at radius 2 is 1.97 bits per heavy atom. The third-order valence-corrected chi connectivity index (χ3v) is 8.46. The van der Waals surface area contributed by atoms with Crippen LogP contribution in [0.1, 0.15) is 61.6 Å². The van der Waals surface area contributed by atoms with E-state index in [1.807, 2.05) is 18.2 Å². The van der Waals surface area contributed by atoms with Crippen LogP contribution in [0.5, 0.6) is 11.5 Å². The van der Waals surface area contributed by atoms with E-state index in [0.29, 0.717) is 17.2 Å². The van der Waals surface area contributed by atoms with E-state index in [1.165, 1.54) is 44.1 Å². The molecule has 0 heterocycles. The van der Waals surface area contributed by atoms with Crippen molar-refractivity contribution < 1.29 is 9.84 Å². The van der Waals surface area contributed by atoms with E-state index >= 15 is 0 Å². The van der Waals surface area contributed by atoms with E-state index in [9.17, 15) is 5.11 Å². The standard InChI is InChI=1S/C26H33NO2/c1-26-14-13-21-20-10-8-19(29-2)15-17(20)7-9-22(21)23(26)11-12-25(26)27-16-18-5-3-4-6-24(18)28/h3-6,8,10,15,21-23,25,27-28H,7,9,11-14,16H2,1-2H3/t21-,22-,23+,25-,26+/m1/s1. The highest BCUT2D eigenvalue weighted by Crippen LogP contribution is 2.61. The van der Waals surface area contributed by atoms with Crippen LogP contribution in [0.3, 0.4) is 0 Å². The summed E-state index contributed by atoms with van der Waals surface area (Å²) < 4.78 is 5.46. The van der Waals surface area contributed by atoms with Gasteiger partial charge in [-0.05, 0) is 91.0 Å². The number of hydrogen-bond donors (Lipinski definition) is 2. The molecule has 0 radical (unpaired) electrons. The lowest BCUT2D eigenvalue weighted by molar-refractivity contribution is 0.0407. The van der Waals surface area contributed by atoms with Crippen molar-refractivity contribution in [2.75, 3.05) is 7.11 Å². The summed E-state index contributed by atoms with van der Waals surface area (Å²) in [5, 5.41) is 13.9. The third kappa shape index (κ3) is 3.15. The van der Waals surface area contributed by atoms with E-state index in [2.05, 4.69) is 30.4 Å². The number of hydrogen-bond acceptors (Lipinski definition) is 3. The number of phenolic OH excluding ortho intramolecular Hbond substituents is 1. The molecular formula is C26H33NO2. The van der Waals surface area contributed by atoms with Crippen molar-refractivity contribution in [1.82, 2.24) is 5.32 Å². The van der Waals surface area contributed by atoms with Crippen molar-refractivity contribution in [3.63, 3.8) is 0 Å². The van der Waals surface area contributed by atoms with Gasteiger partial charge in [-0.1, -0.05) is 31.2 Å². The number of para-hydroxylation sites is 1. The maximum Gasteiger partial charge on any atom is 0.120 e. The normalized spacial score (nSPS) is 32.9. The number of fused-ring (bicyclic) bond motifs is 5. The predicted octanol–water partition coefficient (Wildman–Crippen LogP) is 5.42. The van der Waals surface area contributed by atoms with Gasteiger partial charge in [0.15, 0.2) is 0 Å². The molecule has 0 aromatic heterocycles. The van der Waals surface area contributed by atoms with Gasteiger partial charge < -0.3 is 15.2 Å². The van der Waals surface area contributed by atoms with Crippen LogP contribution < -0.4 is 10.1 Å². The Labute approximate surface area is 174 Å². The van der Waals surface area contributed by atoms with E-state index in [1.54, 1.807) is 18.7 Å². The smallest absolute Gasteiger partial charge is 0.120 e. The van der Waals surface area contributed by atoms with Gasteiger partial charge in [0, 0.05) is 18.2 Å².